The molecule has 0 aliphatic carbocycles. The summed E-state index contributed by atoms with van der Waals surface area (Å²) in [4.78, 5) is 16.2. The summed E-state index contributed by atoms with van der Waals surface area (Å²) in [5.74, 6) is -0.546. The molecule has 0 saturated carbocycles. The molecule has 0 aliphatic heterocycles. The van der Waals surface area contributed by atoms with Crippen LogP contribution in [-0.2, 0) is 11.8 Å². The highest BCUT2D eigenvalue weighted by Crippen LogP contribution is 2.26. The first-order valence-corrected chi connectivity index (χ1v) is 6.14. The summed E-state index contributed by atoms with van der Waals surface area (Å²) in [5.41, 5.74) is 2.28. The van der Waals surface area contributed by atoms with Crippen LogP contribution in [0.1, 0.15) is 28.7 Å². The summed E-state index contributed by atoms with van der Waals surface area (Å²) < 4.78 is 6.65. The second-order valence-corrected chi connectivity index (χ2v) is 4.27. The van der Waals surface area contributed by atoms with Gasteiger partial charge in [-0.25, -0.2) is 9.78 Å². The summed E-state index contributed by atoms with van der Waals surface area (Å²) >= 11 is 0. The number of carbonyl (C=O) groups excluding carboxylic acids is 1. The molecule has 0 unspecified atom stereocenters. The molecule has 0 atom stereocenters. The number of hydrogen-bond donors (Lipinski definition) is 0. The van der Waals surface area contributed by atoms with Gasteiger partial charge < -0.3 is 4.74 Å². The van der Waals surface area contributed by atoms with Crippen molar-refractivity contribution in [3.63, 3.8) is 0 Å². The molecule has 0 fully saturated rings. The fourth-order valence-corrected chi connectivity index (χ4v) is 1.95. The Kier molecular flexibility index (Phi) is 3.80. The third-order valence-electron chi connectivity index (χ3n) is 2.75. The maximum atomic E-state index is 12.1. The molecule has 102 valence electrons. The van der Waals surface area contributed by atoms with Gasteiger partial charge in [0.05, 0.1) is 12.8 Å². The van der Waals surface area contributed by atoms with Crippen molar-refractivity contribution in [2.24, 2.45) is 7.05 Å². The Morgan fingerprint density at radius 2 is 2.30 bits per heavy atom. The van der Waals surface area contributed by atoms with Gasteiger partial charge >= 0.3 is 5.97 Å². The van der Waals surface area contributed by atoms with Gasteiger partial charge in [0.25, 0.3) is 0 Å². The fourth-order valence-electron chi connectivity index (χ4n) is 1.95. The van der Waals surface area contributed by atoms with Crippen LogP contribution in [0.3, 0.4) is 0 Å². The molecular weight excluding hydrogens is 256 g/mol. The van der Waals surface area contributed by atoms with Crippen LogP contribution in [0.5, 0.6) is 0 Å². The molecule has 6 heteroatoms. The van der Waals surface area contributed by atoms with E-state index in [1.54, 1.807) is 44.0 Å². The average molecular weight is 270 g/mol. The molecule has 0 saturated heterocycles. The van der Waals surface area contributed by atoms with Crippen molar-refractivity contribution in [1.82, 2.24) is 14.8 Å². The summed E-state index contributed by atoms with van der Waals surface area (Å²) in [6, 6.07) is 3.71. The first-order valence-electron chi connectivity index (χ1n) is 6.14. The van der Waals surface area contributed by atoms with Gasteiger partial charge in [0, 0.05) is 30.1 Å². The number of pyridine rings is 1. The summed E-state index contributed by atoms with van der Waals surface area (Å²) in [6.07, 6.45) is 3.41. The molecule has 20 heavy (non-hydrogen) atoms. The van der Waals surface area contributed by atoms with Gasteiger partial charge in [-0.15, -0.1) is 0 Å². The third kappa shape index (κ3) is 2.52. The van der Waals surface area contributed by atoms with E-state index >= 15 is 0 Å². The van der Waals surface area contributed by atoms with E-state index in [1.165, 1.54) is 0 Å². The van der Waals surface area contributed by atoms with Crippen molar-refractivity contribution >= 4 is 5.97 Å². The molecule has 0 aliphatic rings. The number of hydrogen-bond acceptors (Lipinski definition) is 5. The lowest BCUT2D eigenvalue weighted by Crippen LogP contribution is -2.11. The standard InChI is InChI=1S/C14H14N4O2/c1-4-20-14(19)13-11(10-7-16-18(3)8-10)5-9(2)17-12(13)6-15/h5,7-8H,4H2,1-3H3. The van der Waals surface area contributed by atoms with E-state index in [0.29, 0.717) is 11.3 Å². The van der Waals surface area contributed by atoms with Crippen LogP contribution < -0.4 is 0 Å². The number of esters is 1. The second kappa shape index (κ2) is 5.53. The van der Waals surface area contributed by atoms with E-state index in [1.807, 2.05) is 6.07 Å². The molecule has 0 amide bonds. The Morgan fingerprint density at radius 1 is 1.55 bits per heavy atom. The van der Waals surface area contributed by atoms with E-state index in [-0.39, 0.29) is 17.9 Å². The molecule has 6 nitrogen and oxygen atoms in total. The maximum Gasteiger partial charge on any atom is 0.341 e. The fraction of sp³-hybridized carbons (Fsp3) is 0.286. The van der Waals surface area contributed by atoms with Crippen LogP contribution in [0.15, 0.2) is 18.5 Å². The predicted octanol–water partition coefficient (Wildman–Crippen LogP) is 1.84. The molecule has 2 rings (SSSR count). The van der Waals surface area contributed by atoms with Crippen molar-refractivity contribution in [1.29, 1.82) is 5.26 Å². The Hall–Kier alpha value is -2.68. The van der Waals surface area contributed by atoms with Crippen molar-refractivity contribution < 1.29 is 9.53 Å². The van der Waals surface area contributed by atoms with Crippen LogP contribution in [-0.4, -0.2) is 27.3 Å². The van der Waals surface area contributed by atoms with Crippen LogP contribution in [0.4, 0.5) is 0 Å². The molecular formula is C14H14N4O2. The van der Waals surface area contributed by atoms with E-state index in [4.69, 9.17) is 4.74 Å². The van der Waals surface area contributed by atoms with E-state index in [0.717, 1.165) is 5.56 Å². The predicted molar refractivity (Wildman–Crippen MR) is 71.8 cm³/mol. The topological polar surface area (TPSA) is 80.8 Å². The first-order chi connectivity index (χ1) is 9.56. The number of rotatable bonds is 3. The highest BCUT2D eigenvalue weighted by atomic mass is 16.5. The Morgan fingerprint density at radius 3 is 2.85 bits per heavy atom. The SMILES string of the molecule is CCOC(=O)c1c(-c2cnn(C)c2)cc(C)nc1C#N. The average Bonchev–Trinajstić information content (AvgIpc) is 2.84. The van der Waals surface area contributed by atoms with Gasteiger partial charge in [0.15, 0.2) is 5.69 Å². The lowest BCUT2D eigenvalue weighted by molar-refractivity contribution is 0.0526. The third-order valence-corrected chi connectivity index (χ3v) is 2.75. The minimum absolute atomic E-state index is 0.0716. The molecule has 2 aromatic rings. The number of carbonyl (C=O) groups is 1. The lowest BCUT2D eigenvalue weighted by atomic mass is 10.0. The van der Waals surface area contributed by atoms with Crippen molar-refractivity contribution in [2.75, 3.05) is 6.61 Å². The molecule has 0 spiro atoms. The van der Waals surface area contributed by atoms with Crippen LogP contribution in [0.2, 0.25) is 0 Å². The zero-order valence-corrected chi connectivity index (χ0v) is 11.5. The van der Waals surface area contributed by atoms with Crippen molar-refractivity contribution in [2.45, 2.75) is 13.8 Å². The summed E-state index contributed by atoms with van der Waals surface area (Å²) in [7, 11) is 1.78. The van der Waals surface area contributed by atoms with E-state index < -0.39 is 5.97 Å². The monoisotopic (exact) mass is 270 g/mol. The first kappa shape index (κ1) is 13.7. The molecule has 0 N–H and O–H groups in total. The lowest BCUT2D eigenvalue weighted by Gasteiger charge is -2.09. The van der Waals surface area contributed by atoms with Gasteiger partial charge in [-0.2, -0.15) is 10.4 Å². The molecule has 0 radical (unpaired) electrons. The Balaban J connectivity index is 2.68. The van der Waals surface area contributed by atoms with Gasteiger partial charge in [-0.1, -0.05) is 0 Å². The Bertz CT molecular complexity index is 698. The van der Waals surface area contributed by atoms with Gasteiger partial charge in [-0.05, 0) is 19.9 Å². The van der Waals surface area contributed by atoms with E-state index in [2.05, 4.69) is 10.1 Å². The van der Waals surface area contributed by atoms with Crippen LogP contribution in [0, 0.1) is 18.3 Å². The van der Waals surface area contributed by atoms with E-state index in [9.17, 15) is 10.1 Å². The molecule has 0 bridgehead atoms. The summed E-state index contributed by atoms with van der Waals surface area (Å²) in [6.45, 7) is 3.73. The number of nitriles is 1. The normalized spacial score (nSPS) is 10.1. The molecule has 2 aromatic heterocycles. The van der Waals surface area contributed by atoms with Gasteiger partial charge in [0.2, 0.25) is 0 Å². The Labute approximate surface area is 116 Å². The van der Waals surface area contributed by atoms with Crippen molar-refractivity contribution in [3.05, 3.63) is 35.4 Å². The minimum Gasteiger partial charge on any atom is -0.462 e. The zero-order valence-electron chi connectivity index (χ0n) is 11.5. The molecule has 0 aromatic carbocycles. The quantitative estimate of drug-likeness (QED) is 0.795. The zero-order chi connectivity index (χ0) is 14.7. The smallest absolute Gasteiger partial charge is 0.341 e. The summed E-state index contributed by atoms with van der Waals surface area (Å²) in [5, 5.41) is 13.3. The number of nitrogens with zero attached hydrogens (tertiary/aromatic N) is 4. The molecule has 2 heterocycles. The highest BCUT2D eigenvalue weighted by molar-refractivity contribution is 5.99. The second-order valence-electron chi connectivity index (χ2n) is 4.27. The van der Waals surface area contributed by atoms with Gasteiger partial charge in [-0.3, -0.25) is 4.68 Å². The van der Waals surface area contributed by atoms with Crippen LogP contribution >= 0.6 is 0 Å². The van der Waals surface area contributed by atoms with Gasteiger partial charge in [0.1, 0.15) is 11.6 Å². The van der Waals surface area contributed by atoms with Crippen LogP contribution in [0.25, 0.3) is 11.1 Å². The van der Waals surface area contributed by atoms with Crippen molar-refractivity contribution in [3.8, 4) is 17.2 Å². The highest BCUT2D eigenvalue weighted by Gasteiger charge is 2.21. The number of aromatic nitrogens is 3. The number of aryl methyl sites for hydroxylation is 2. The minimum atomic E-state index is -0.546. The maximum absolute atomic E-state index is 12.1. The largest absolute Gasteiger partial charge is 0.462 e. The number of ether oxygens (including phenoxy) is 1.